The Hall–Kier alpha value is -0.120. The molecule has 3 heteroatoms. The molecule has 1 aliphatic heterocycles. The number of nitrogens with one attached hydrogen (secondary N) is 1. The smallest absolute Gasteiger partial charge is 0.0630 e. The zero-order chi connectivity index (χ0) is 11.8. The van der Waals surface area contributed by atoms with Gasteiger partial charge in [-0.3, -0.25) is 4.90 Å². The summed E-state index contributed by atoms with van der Waals surface area (Å²) in [6, 6.07) is 0.553. The fourth-order valence-corrected chi connectivity index (χ4v) is 2.74. The van der Waals surface area contributed by atoms with E-state index in [1.54, 1.807) is 7.11 Å². The summed E-state index contributed by atoms with van der Waals surface area (Å²) in [5.41, 5.74) is 0. The van der Waals surface area contributed by atoms with Gasteiger partial charge in [-0.2, -0.15) is 0 Å². The Morgan fingerprint density at radius 1 is 1.38 bits per heavy atom. The van der Waals surface area contributed by atoms with E-state index < -0.39 is 0 Å². The molecule has 1 rings (SSSR count). The van der Waals surface area contributed by atoms with Crippen LogP contribution in [0.3, 0.4) is 0 Å². The third-order valence-corrected chi connectivity index (χ3v) is 3.66. The van der Waals surface area contributed by atoms with Crippen molar-refractivity contribution in [2.45, 2.75) is 38.6 Å². The molecule has 3 nitrogen and oxygen atoms in total. The molecular weight excluding hydrogens is 200 g/mol. The summed E-state index contributed by atoms with van der Waals surface area (Å²) in [6.07, 6.45) is 5.49. The Morgan fingerprint density at radius 2 is 2.06 bits per heavy atom. The number of hydrogen-bond acceptors (Lipinski definition) is 3. The van der Waals surface area contributed by atoms with Crippen LogP contribution in [0.5, 0.6) is 0 Å². The second-order valence-corrected chi connectivity index (χ2v) is 4.93. The summed E-state index contributed by atoms with van der Waals surface area (Å²) >= 11 is 0. The molecule has 16 heavy (non-hydrogen) atoms. The highest BCUT2D eigenvalue weighted by Gasteiger charge is 2.23. The summed E-state index contributed by atoms with van der Waals surface area (Å²) < 4.78 is 5.30. The molecule has 0 saturated carbocycles. The van der Waals surface area contributed by atoms with Crippen LogP contribution in [-0.2, 0) is 4.74 Å². The molecule has 0 spiro atoms. The molecule has 1 atom stereocenters. The molecule has 1 N–H and O–H groups in total. The SMILES string of the molecule is CCCC1CCN(C(CNC)COC)CC1. The van der Waals surface area contributed by atoms with Gasteiger partial charge in [0.15, 0.2) is 0 Å². The largest absolute Gasteiger partial charge is 0.383 e. The zero-order valence-electron chi connectivity index (χ0n) is 11.2. The molecule has 0 bridgehead atoms. The van der Waals surface area contributed by atoms with Crippen molar-refractivity contribution in [2.24, 2.45) is 5.92 Å². The van der Waals surface area contributed by atoms with Gasteiger partial charge in [0, 0.05) is 19.7 Å². The molecule has 96 valence electrons. The Morgan fingerprint density at radius 3 is 2.56 bits per heavy atom. The van der Waals surface area contributed by atoms with Crippen molar-refractivity contribution in [3.05, 3.63) is 0 Å². The first-order valence-electron chi connectivity index (χ1n) is 6.69. The molecule has 0 aromatic heterocycles. The van der Waals surface area contributed by atoms with Crippen LogP contribution >= 0.6 is 0 Å². The number of nitrogens with zero attached hydrogens (tertiary/aromatic N) is 1. The molecule has 1 heterocycles. The molecule has 1 fully saturated rings. The van der Waals surface area contributed by atoms with Crippen LogP contribution in [-0.4, -0.2) is 51.3 Å². The van der Waals surface area contributed by atoms with Crippen molar-refractivity contribution >= 4 is 0 Å². The molecule has 0 radical (unpaired) electrons. The molecule has 0 aromatic rings. The summed E-state index contributed by atoms with van der Waals surface area (Å²) in [7, 11) is 3.82. The average Bonchev–Trinajstić information content (AvgIpc) is 2.30. The van der Waals surface area contributed by atoms with Crippen LogP contribution in [0.4, 0.5) is 0 Å². The maximum Gasteiger partial charge on any atom is 0.0630 e. The predicted molar refractivity (Wildman–Crippen MR) is 68.8 cm³/mol. The van der Waals surface area contributed by atoms with Crippen LogP contribution in [0.2, 0.25) is 0 Å². The Balaban J connectivity index is 2.31. The molecule has 0 aromatic carbocycles. The van der Waals surface area contributed by atoms with Gasteiger partial charge in [-0.05, 0) is 38.9 Å². The summed E-state index contributed by atoms with van der Waals surface area (Å²) in [6.45, 7) is 6.67. The number of likely N-dealkylation sites (N-methyl/N-ethyl adjacent to an activating group) is 1. The van der Waals surface area contributed by atoms with Gasteiger partial charge in [0.25, 0.3) is 0 Å². The quantitative estimate of drug-likeness (QED) is 0.718. The van der Waals surface area contributed by atoms with Crippen LogP contribution in [0.1, 0.15) is 32.6 Å². The molecule has 1 saturated heterocycles. The van der Waals surface area contributed by atoms with Gasteiger partial charge in [-0.25, -0.2) is 0 Å². The van der Waals surface area contributed by atoms with Crippen LogP contribution in [0.25, 0.3) is 0 Å². The fraction of sp³-hybridized carbons (Fsp3) is 1.00. The molecule has 1 aliphatic rings. The Kier molecular flexibility index (Phi) is 7.01. The van der Waals surface area contributed by atoms with E-state index in [2.05, 4.69) is 17.1 Å². The molecule has 0 amide bonds. The molecular formula is C13H28N2O. The average molecular weight is 228 g/mol. The highest BCUT2D eigenvalue weighted by atomic mass is 16.5. The van der Waals surface area contributed by atoms with Gasteiger partial charge < -0.3 is 10.1 Å². The van der Waals surface area contributed by atoms with E-state index in [9.17, 15) is 0 Å². The van der Waals surface area contributed by atoms with Gasteiger partial charge in [0.1, 0.15) is 0 Å². The highest BCUT2D eigenvalue weighted by molar-refractivity contribution is 4.79. The van der Waals surface area contributed by atoms with E-state index in [0.29, 0.717) is 6.04 Å². The lowest BCUT2D eigenvalue weighted by molar-refractivity contribution is 0.0641. The van der Waals surface area contributed by atoms with E-state index in [1.807, 2.05) is 7.05 Å². The monoisotopic (exact) mass is 228 g/mol. The molecule has 0 aliphatic carbocycles. The van der Waals surface area contributed by atoms with Crippen molar-refractivity contribution in [3.63, 3.8) is 0 Å². The lowest BCUT2D eigenvalue weighted by atomic mass is 9.92. The van der Waals surface area contributed by atoms with E-state index in [1.165, 1.54) is 38.8 Å². The van der Waals surface area contributed by atoms with Crippen molar-refractivity contribution in [1.29, 1.82) is 0 Å². The summed E-state index contributed by atoms with van der Waals surface area (Å²) in [5, 5.41) is 3.26. The summed E-state index contributed by atoms with van der Waals surface area (Å²) in [4.78, 5) is 2.59. The highest BCUT2D eigenvalue weighted by Crippen LogP contribution is 2.22. The van der Waals surface area contributed by atoms with E-state index >= 15 is 0 Å². The van der Waals surface area contributed by atoms with Gasteiger partial charge in [-0.15, -0.1) is 0 Å². The topological polar surface area (TPSA) is 24.5 Å². The van der Waals surface area contributed by atoms with Gasteiger partial charge >= 0.3 is 0 Å². The number of methoxy groups -OCH3 is 1. The van der Waals surface area contributed by atoms with E-state index in [4.69, 9.17) is 4.74 Å². The van der Waals surface area contributed by atoms with Gasteiger partial charge in [0.05, 0.1) is 6.61 Å². The minimum absolute atomic E-state index is 0.553. The number of rotatable bonds is 7. The van der Waals surface area contributed by atoms with Gasteiger partial charge in [0.2, 0.25) is 0 Å². The molecule has 1 unspecified atom stereocenters. The minimum Gasteiger partial charge on any atom is -0.383 e. The maximum absolute atomic E-state index is 5.30. The van der Waals surface area contributed by atoms with Crippen LogP contribution < -0.4 is 5.32 Å². The number of likely N-dealkylation sites (tertiary alicyclic amines) is 1. The van der Waals surface area contributed by atoms with E-state index in [0.717, 1.165) is 19.1 Å². The summed E-state index contributed by atoms with van der Waals surface area (Å²) in [5.74, 6) is 0.971. The lowest BCUT2D eigenvalue weighted by Crippen LogP contribution is -2.48. The second-order valence-electron chi connectivity index (χ2n) is 4.93. The number of piperidine rings is 1. The standard InChI is InChI=1S/C13H28N2O/c1-4-5-12-6-8-15(9-7-12)13(10-14-2)11-16-3/h12-14H,4-11H2,1-3H3. The van der Waals surface area contributed by atoms with Crippen molar-refractivity contribution < 1.29 is 4.74 Å². The fourth-order valence-electron chi connectivity index (χ4n) is 2.74. The Bertz CT molecular complexity index is 161. The maximum atomic E-state index is 5.30. The minimum atomic E-state index is 0.553. The first-order valence-corrected chi connectivity index (χ1v) is 6.69. The van der Waals surface area contributed by atoms with Crippen molar-refractivity contribution in [3.8, 4) is 0 Å². The lowest BCUT2D eigenvalue weighted by Gasteiger charge is -2.37. The third-order valence-electron chi connectivity index (χ3n) is 3.66. The predicted octanol–water partition coefficient (Wildman–Crippen LogP) is 1.73. The third kappa shape index (κ3) is 4.40. The second kappa shape index (κ2) is 8.04. The van der Waals surface area contributed by atoms with Gasteiger partial charge in [-0.1, -0.05) is 19.8 Å². The zero-order valence-corrected chi connectivity index (χ0v) is 11.2. The van der Waals surface area contributed by atoms with E-state index in [-0.39, 0.29) is 0 Å². The van der Waals surface area contributed by atoms with Crippen molar-refractivity contribution in [2.75, 3.05) is 40.4 Å². The number of hydrogen-bond donors (Lipinski definition) is 1. The van der Waals surface area contributed by atoms with Crippen LogP contribution in [0, 0.1) is 5.92 Å². The van der Waals surface area contributed by atoms with Crippen molar-refractivity contribution in [1.82, 2.24) is 10.2 Å². The van der Waals surface area contributed by atoms with Crippen LogP contribution in [0.15, 0.2) is 0 Å². The first kappa shape index (κ1) is 13.9. The Labute approximate surface area is 101 Å². The first-order chi connectivity index (χ1) is 7.81. The number of ether oxygens (including phenoxy) is 1. The normalized spacial score (nSPS) is 21.2.